The maximum atomic E-state index is 12.1. The molecule has 1 N–H and O–H groups in total. The number of nitrogens with one attached hydrogen (secondary N) is 1. The summed E-state index contributed by atoms with van der Waals surface area (Å²) in [5, 5.41) is 3.78. The van der Waals surface area contributed by atoms with Gasteiger partial charge in [0.2, 0.25) is 0 Å². The Morgan fingerprint density at radius 2 is 1.84 bits per heavy atom. The number of hydrogen-bond donors (Lipinski definition) is 1. The van der Waals surface area contributed by atoms with Crippen molar-refractivity contribution < 1.29 is 4.79 Å². The Hall–Kier alpha value is -2.68. The summed E-state index contributed by atoms with van der Waals surface area (Å²) in [6.45, 7) is 0. The molecule has 1 radical (unpaired) electrons. The summed E-state index contributed by atoms with van der Waals surface area (Å²) in [6.07, 6.45) is 0. The predicted molar refractivity (Wildman–Crippen MR) is 75.0 cm³/mol. The number of carbonyl (C=O) groups is 1. The number of pyridine rings is 1. The van der Waals surface area contributed by atoms with Gasteiger partial charge in [0.1, 0.15) is 5.69 Å². The molecule has 3 rings (SSSR count). The van der Waals surface area contributed by atoms with Gasteiger partial charge in [-0.05, 0) is 18.2 Å². The predicted octanol–water partition coefficient (Wildman–Crippen LogP) is 3.29. The van der Waals surface area contributed by atoms with Crippen LogP contribution < -0.4 is 5.32 Å². The molecule has 0 bridgehead atoms. The fourth-order valence-electron chi connectivity index (χ4n) is 1.85. The topological polar surface area (TPSA) is 42.0 Å². The van der Waals surface area contributed by atoms with Crippen LogP contribution in [-0.4, -0.2) is 10.9 Å². The SMILES string of the molecule is O=C(Nc1[c]cccc1)c1ccc2ccccc2n1. The van der Waals surface area contributed by atoms with Crippen LogP contribution in [0.2, 0.25) is 0 Å². The molecule has 0 saturated carbocycles. The van der Waals surface area contributed by atoms with Crippen LogP contribution >= 0.6 is 0 Å². The number of aromatic nitrogens is 1. The van der Waals surface area contributed by atoms with Crippen molar-refractivity contribution in [1.82, 2.24) is 4.98 Å². The number of anilines is 1. The molecule has 1 heterocycles. The highest BCUT2D eigenvalue weighted by Gasteiger charge is 2.08. The largest absolute Gasteiger partial charge is 0.320 e. The summed E-state index contributed by atoms with van der Waals surface area (Å²) in [6, 6.07) is 21.5. The van der Waals surface area contributed by atoms with E-state index in [0.717, 1.165) is 10.9 Å². The van der Waals surface area contributed by atoms with Crippen molar-refractivity contribution in [2.45, 2.75) is 0 Å². The van der Waals surface area contributed by atoms with E-state index in [1.807, 2.05) is 42.5 Å². The number of amides is 1. The average molecular weight is 247 g/mol. The monoisotopic (exact) mass is 247 g/mol. The third kappa shape index (κ3) is 2.45. The van der Waals surface area contributed by atoms with Crippen LogP contribution in [0, 0.1) is 6.07 Å². The molecule has 0 aliphatic rings. The Morgan fingerprint density at radius 1 is 1.00 bits per heavy atom. The van der Waals surface area contributed by atoms with Gasteiger partial charge >= 0.3 is 0 Å². The van der Waals surface area contributed by atoms with E-state index < -0.39 is 0 Å². The summed E-state index contributed by atoms with van der Waals surface area (Å²) in [4.78, 5) is 16.4. The molecule has 0 fully saturated rings. The van der Waals surface area contributed by atoms with Gasteiger partial charge in [-0.3, -0.25) is 4.79 Å². The Kier molecular flexibility index (Phi) is 2.94. The first-order valence-electron chi connectivity index (χ1n) is 5.97. The molecule has 0 unspecified atom stereocenters. The minimum absolute atomic E-state index is 0.229. The van der Waals surface area contributed by atoms with Gasteiger partial charge in [0, 0.05) is 17.1 Å². The Labute approximate surface area is 110 Å². The standard InChI is InChI=1S/C16H11N2O/c19-16(17-13-7-2-1-3-8-13)15-11-10-12-6-4-5-9-14(12)18-15/h1-7,9-11H,(H,17,19). The number of carbonyl (C=O) groups excluding carboxylic acids is 1. The second-order valence-corrected chi connectivity index (χ2v) is 4.12. The first kappa shape index (κ1) is 11.4. The quantitative estimate of drug-likeness (QED) is 0.755. The van der Waals surface area contributed by atoms with Gasteiger partial charge in [-0.1, -0.05) is 42.5 Å². The van der Waals surface area contributed by atoms with E-state index >= 15 is 0 Å². The van der Waals surface area contributed by atoms with Crippen LogP contribution in [0.4, 0.5) is 5.69 Å². The van der Waals surface area contributed by atoms with Gasteiger partial charge in [0.25, 0.3) is 5.91 Å². The highest BCUT2D eigenvalue weighted by molar-refractivity contribution is 6.03. The van der Waals surface area contributed by atoms with E-state index in [9.17, 15) is 4.79 Å². The third-order valence-electron chi connectivity index (χ3n) is 2.79. The van der Waals surface area contributed by atoms with E-state index in [1.165, 1.54) is 0 Å². The molecule has 0 aliphatic carbocycles. The van der Waals surface area contributed by atoms with Crippen molar-refractivity contribution in [1.29, 1.82) is 0 Å². The van der Waals surface area contributed by atoms with Crippen LogP contribution in [0.25, 0.3) is 10.9 Å². The van der Waals surface area contributed by atoms with Gasteiger partial charge in [-0.2, -0.15) is 0 Å². The fraction of sp³-hybridized carbons (Fsp3) is 0. The van der Waals surface area contributed by atoms with Crippen molar-refractivity contribution >= 4 is 22.5 Å². The molecule has 91 valence electrons. The zero-order valence-corrected chi connectivity index (χ0v) is 10.1. The second-order valence-electron chi connectivity index (χ2n) is 4.12. The molecule has 0 atom stereocenters. The van der Waals surface area contributed by atoms with Gasteiger partial charge < -0.3 is 5.32 Å². The van der Waals surface area contributed by atoms with Gasteiger partial charge in [0.15, 0.2) is 0 Å². The highest BCUT2D eigenvalue weighted by atomic mass is 16.1. The number of rotatable bonds is 2. The van der Waals surface area contributed by atoms with Crippen LogP contribution in [0.15, 0.2) is 60.7 Å². The fourth-order valence-corrected chi connectivity index (χ4v) is 1.85. The lowest BCUT2D eigenvalue weighted by atomic mass is 10.2. The number of benzene rings is 2. The van der Waals surface area contributed by atoms with E-state index in [1.54, 1.807) is 18.2 Å². The van der Waals surface area contributed by atoms with Crippen LogP contribution in [0.5, 0.6) is 0 Å². The maximum absolute atomic E-state index is 12.1. The number of fused-ring (bicyclic) bond motifs is 1. The van der Waals surface area contributed by atoms with Gasteiger partial charge in [-0.25, -0.2) is 4.98 Å². The summed E-state index contributed by atoms with van der Waals surface area (Å²) < 4.78 is 0. The van der Waals surface area contributed by atoms with Crippen LogP contribution in [0.3, 0.4) is 0 Å². The smallest absolute Gasteiger partial charge is 0.274 e. The third-order valence-corrected chi connectivity index (χ3v) is 2.79. The van der Waals surface area contributed by atoms with Gasteiger partial charge in [-0.15, -0.1) is 0 Å². The number of hydrogen-bond acceptors (Lipinski definition) is 2. The van der Waals surface area contributed by atoms with E-state index in [-0.39, 0.29) is 5.91 Å². The van der Waals surface area contributed by atoms with Crippen molar-refractivity contribution in [3.8, 4) is 0 Å². The Morgan fingerprint density at radius 3 is 2.68 bits per heavy atom. The average Bonchev–Trinajstić information content (AvgIpc) is 2.48. The lowest BCUT2D eigenvalue weighted by molar-refractivity contribution is 0.102. The minimum atomic E-state index is -0.229. The zero-order chi connectivity index (χ0) is 13.1. The molecule has 3 nitrogen and oxygen atoms in total. The summed E-state index contributed by atoms with van der Waals surface area (Å²) in [5.41, 5.74) is 1.85. The zero-order valence-electron chi connectivity index (χ0n) is 10.1. The van der Waals surface area contributed by atoms with E-state index in [0.29, 0.717) is 11.4 Å². The molecule has 3 aromatic rings. The van der Waals surface area contributed by atoms with Crippen molar-refractivity contribution in [3.05, 3.63) is 72.4 Å². The summed E-state index contributed by atoms with van der Waals surface area (Å²) in [7, 11) is 0. The van der Waals surface area contributed by atoms with E-state index in [2.05, 4.69) is 16.4 Å². The molecule has 0 spiro atoms. The van der Waals surface area contributed by atoms with E-state index in [4.69, 9.17) is 0 Å². The molecule has 1 aromatic heterocycles. The Balaban J connectivity index is 1.89. The van der Waals surface area contributed by atoms with Gasteiger partial charge in [0.05, 0.1) is 5.52 Å². The first-order valence-corrected chi connectivity index (χ1v) is 5.97. The molecular weight excluding hydrogens is 236 g/mol. The highest BCUT2D eigenvalue weighted by Crippen LogP contribution is 2.13. The molecule has 19 heavy (non-hydrogen) atoms. The first-order chi connectivity index (χ1) is 9.33. The minimum Gasteiger partial charge on any atom is -0.320 e. The molecular formula is C16H11N2O. The molecule has 3 heteroatoms. The van der Waals surface area contributed by atoms with Crippen LogP contribution in [-0.2, 0) is 0 Å². The lowest BCUT2D eigenvalue weighted by Crippen LogP contribution is -2.13. The summed E-state index contributed by atoms with van der Waals surface area (Å²) >= 11 is 0. The lowest BCUT2D eigenvalue weighted by Gasteiger charge is -2.05. The van der Waals surface area contributed by atoms with Crippen molar-refractivity contribution in [3.63, 3.8) is 0 Å². The van der Waals surface area contributed by atoms with Crippen molar-refractivity contribution in [2.75, 3.05) is 5.32 Å². The molecule has 2 aromatic carbocycles. The van der Waals surface area contributed by atoms with Crippen molar-refractivity contribution in [2.24, 2.45) is 0 Å². The summed E-state index contributed by atoms with van der Waals surface area (Å²) in [5.74, 6) is -0.229. The normalized spacial score (nSPS) is 10.3. The maximum Gasteiger partial charge on any atom is 0.274 e. The molecule has 0 saturated heterocycles. The molecule has 1 amide bonds. The number of nitrogens with zero attached hydrogens (tertiary/aromatic N) is 1. The molecule has 0 aliphatic heterocycles. The Bertz CT molecular complexity index is 723. The van der Waals surface area contributed by atoms with Crippen LogP contribution in [0.1, 0.15) is 10.5 Å². The number of para-hydroxylation sites is 2. The second kappa shape index (κ2) is 4.90.